The molecule has 1 aromatic heterocycles. The van der Waals surface area contributed by atoms with E-state index in [2.05, 4.69) is 4.98 Å². The molecule has 3 nitrogen and oxygen atoms in total. The van der Waals surface area contributed by atoms with Crippen LogP contribution < -0.4 is 5.73 Å². The summed E-state index contributed by atoms with van der Waals surface area (Å²) in [5, 5.41) is 1.10. The van der Waals surface area contributed by atoms with E-state index in [9.17, 15) is 0 Å². The van der Waals surface area contributed by atoms with E-state index in [4.69, 9.17) is 10.5 Å². The summed E-state index contributed by atoms with van der Waals surface area (Å²) < 4.78 is 5.36. The first kappa shape index (κ1) is 8.83. The highest BCUT2D eigenvalue weighted by molar-refractivity contribution is 7.12. The van der Waals surface area contributed by atoms with Crippen LogP contribution >= 0.6 is 11.3 Å². The minimum atomic E-state index is -0.283. The van der Waals surface area contributed by atoms with Crippen LogP contribution in [0.1, 0.15) is 28.4 Å². The van der Waals surface area contributed by atoms with Gasteiger partial charge in [0, 0.05) is 11.5 Å². The van der Waals surface area contributed by atoms with Crippen molar-refractivity contribution in [1.29, 1.82) is 0 Å². The first-order valence-electron chi connectivity index (χ1n) is 5.14. The lowest BCUT2D eigenvalue weighted by Crippen LogP contribution is -2.36. The number of nitrogens with two attached hydrogens (primary N) is 1. The lowest BCUT2D eigenvalue weighted by atomic mass is 10.0. The predicted molar refractivity (Wildman–Crippen MR) is 55.4 cm³/mol. The number of thiazole rings is 1. The van der Waals surface area contributed by atoms with Gasteiger partial charge in [-0.15, -0.1) is 11.3 Å². The van der Waals surface area contributed by atoms with E-state index in [0.29, 0.717) is 6.61 Å². The Balaban J connectivity index is 1.96. The highest BCUT2D eigenvalue weighted by Crippen LogP contribution is 2.35. The molecule has 2 heterocycles. The molecule has 1 aliphatic heterocycles. The number of ether oxygens (including phenoxy) is 1. The lowest BCUT2D eigenvalue weighted by molar-refractivity contribution is 0.178. The lowest BCUT2D eigenvalue weighted by Gasteiger charge is -2.18. The smallest absolute Gasteiger partial charge is 0.115 e. The molecule has 0 bridgehead atoms. The molecule has 1 fully saturated rings. The second kappa shape index (κ2) is 3.02. The van der Waals surface area contributed by atoms with Crippen molar-refractivity contribution in [3.05, 3.63) is 15.6 Å². The minimum Gasteiger partial charge on any atom is -0.379 e. The average molecular weight is 210 g/mol. The number of fused-ring (bicyclic) bond motifs is 1. The molecule has 3 rings (SSSR count). The maximum atomic E-state index is 6.26. The van der Waals surface area contributed by atoms with Crippen LogP contribution in [0.4, 0.5) is 0 Å². The van der Waals surface area contributed by atoms with Crippen molar-refractivity contribution in [1.82, 2.24) is 4.98 Å². The van der Waals surface area contributed by atoms with E-state index in [0.717, 1.165) is 24.5 Å². The maximum absolute atomic E-state index is 6.26. The molecule has 1 aliphatic carbocycles. The summed E-state index contributed by atoms with van der Waals surface area (Å²) in [6.45, 7) is 1.42. The first-order valence-corrected chi connectivity index (χ1v) is 5.95. The van der Waals surface area contributed by atoms with E-state index in [1.165, 1.54) is 23.4 Å². The molecule has 1 unspecified atom stereocenters. The Morgan fingerprint density at radius 2 is 2.36 bits per heavy atom. The zero-order valence-electron chi connectivity index (χ0n) is 8.08. The molecule has 0 saturated carbocycles. The highest BCUT2D eigenvalue weighted by Gasteiger charge is 2.36. The predicted octanol–water partition coefficient (Wildman–Crippen LogP) is 1.21. The third kappa shape index (κ3) is 1.21. The van der Waals surface area contributed by atoms with Crippen LogP contribution in [0, 0.1) is 0 Å². The maximum Gasteiger partial charge on any atom is 0.115 e. The molecule has 1 aromatic rings. The van der Waals surface area contributed by atoms with Crippen molar-refractivity contribution < 1.29 is 4.74 Å². The topological polar surface area (TPSA) is 48.1 Å². The standard InChI is InChI=1S/C10H14N2OS/c11-10(4-5-13-6-10)9-12-7-2-1-3-8(7)14-9/h1-6,11H2. The fraction of sp³-hybridized carbons (Fsp3) is 0.700. The molecule has 4 heteroatoms. The zero-order chi connectivity index (χ0) is 9.60. The summed E-state index contributed by atoms with van der Waals surface area (Å²) in [6, 6.07) is 0. The Bertz CT molecular complexity index is 334. The van der Waals surface area contributed by atoms with Gasteiger partial charge in [0.2, 0.25) is 0 Å². The van der Waals surface area contributed by atoms with Crippen LogP contribution in [0.5, 0.6) is 0 Å². The van der Waals surface area contributed by atoms with E-state index in [1.807, 2.05) is 0 Å². The zero-order valence-corrected chi connectivity index (χ0v) is 8.90. The van der Waals surface area contributed by atoms with Crippen molar-refractivity contribution in [3.63, 3.8) is 0 Å². The summed E-state index contributed by atoms with van der Waals surface area (Å²) in [4.78, 5) is 6.11. The normalized spacial score (nSPS) is 30.9. The molecule has 0 spiro atoms. The summed E-state index contributed by atoms with van der Waals surface area (Å²) in [5.41, 5.74) is 7.27. The molecular formula is C10H14N2OS. The number of aromatic nitrogens is 1. The number of aryl methyl sites for hydroxylation is 2. The minimum absolute atomic E-state index is 0.283. The molecule has 14 heavy (non-hydrogen) atoms. The van der Waals surface area contributed by atoms with Gasteiger partial charge in [0.05, 0.1) is 17.8 Å². The van der Waals surface area contributed by atoms with Gasteiger partial charge in [-0.25, -0.2) is 4.98 Å². The second-order valence-electron chi connectivity index (χ2n) is 4.20. The molecule has 2 aliphatic rings. The quantitative estimate of drug-likeness (QED) is 0.758. The van der Waals surface area contributed by atoms with Gasteiger partial charge in [-0.3, -0.25) is 0 Å². The Hall–Kier alpha value is -0.450. The fourth-order valence-electron chi connectivity index (χ4n) is 2.15. The van der Waals surface area contributed by atoms with Crippen molar-refractivity contribution in [2.75, 3.05) is 13.2 Å². The number of hydrogen-bond acceptors (Lipinski definition) is 4. The third-order valence-electron chi connectivity index (χ3n) is 3.07. The molecule has 76 valence electrons. The van der Waals surface area contributed by atoms with Gasteiger partial charge in [0.1, 0.15) is 5.01 Å². The van der Waals surface area contributed by atoms with Gasteiger partial charge < -0.3 is 10.5 Å². The summed E-state index contributed by atoms with van der Waals surface area (Å²) in [5.74, 6) is 0. The highest BCUT2D eigenvalue weighted by atomic mass is 32.1. The second-order valence-corrected chi connectivity index (χ2v) is 5.28. The van der Waals surface area contributed by atoms with E-state index >= 15 is 0 Å². The van der Waals surface area contributed by atoms with Crippen LogP contribution in [0.3, 0.4) is 0 Å². The summed E-state index contributed by atoms with van der Waals surface area (Å²) in [6.07, 6.45) is 4.52. The largest absolute Gasteiger partial charge is 0.379 e. The van der Waals surface area contributed by atoms with Crippen molar-refractivity contribution in [2.24, 2.45) is 5.73 Å². The fourth-order valence-corrected chi connectivity index (χ4v) is 3.42. The van der Waals surface area contributed by atoms with Crippen LogP contribution in [0.2, 0.25) is 0 Å². The van der Waals surface area contributed by atoms with Crippen LogP contribution in [-0.4, -0.2) is 18.2 Å². The Morgan fingerprint density at radius 3 is 3.07 bits per heavy atom. The SMILES string of the molecule is NC1(c2nc3c(s2)CCC3)CCOC1. The van der Waals surface area contributed by atoms with Crippen molar-refractivity contribution >= 4 is 11.3 Å². The van der Waals surface area contributed by atoms with Gasteiger partial charge in [-0.2, -0.15) is 0 Å². The Labute approximate surface area is 87.3 Å². The molecular weight excluding hydrogens is 196 g/mol. The van der Waals surface area contributed by atoms with Crippen molar-refractivity contribution in [2.45, 2.75) is 31.2 Å². The van der Waals surface area contributed by atoms with Gasteiger partial charge in [0.15, 0.2) is 0 Å². The van der Waals surface area contributed by atoms with Gasteiger partial charge >= 0.3 is 0 Å². The van der Waals surface area contributed by atoms with E-state index in [-0.39, 0.29) is 5.54 Å². The number of rotatable bonds is 1. The number of nitrogens with zero attached hydrogens (tertiary/aromatic N) is 1. The number of hydrogen-bond donors (Lipinski definition) is 1. The average Bonchev–Trinajstić information content (AvgIpc) is 2.75. The van der Waals surface area contributed by atoms with Gasteiger partial charge in [-0.1, -0.05) is 0 Å². The van der Waals surface area contributed by atoms with Gasteiger partial charge in [-0.05, 0) is 25.7 Å². The third-order valence-corrected chi connectivity index (χ3v) is 4.45. The first-order chi connectivity index (χ1) is 6.78. The molecule has 0 aromatic carbocycles. The van der Waals surface area contributed by atoms with Crippen molar-refractivity contribution in [3.8, 4) is 0 Å². The van der Waals surface area contributed by atoms with E-state index < -0.39 is 0 Å². The van der Waals surface area contributed by atoms with E-state index in [1.54, 1.807) is 11.3 Å². The Morgan fingerprint density at radius 1 is 1.43 bits per heavy atom. The van der Waals surface area contributed by atoms with Gasteiger partial charge in [0.25, 0.3) is 0 Å². The molecule has 0 amide bonds. The molecule has 2 N–H and O–H groups in total. The Kier molecular flexibility index (Phi) is 1.90. The monoisotopic (exact) mass is 210 g/mol. The molecule has 0 radical (unpaired) electrons. The summed E-state index contributed by atoms with van der Waals surface area (Å²) >= 11 is 1.80. The van der Waals surface area contributed by atoms with Crippen LogP contribution in [0.25, 0.3) is 0 Å². The van der Waals surface area contributed by atoms with Crippen LogP contribution in [-0.2, 0) is 23.1 Å². The van der Waals surface area contributed by atoms with Crippen LogP contribution in [0.15, 0.2) is 0 Å². The molecule has 1 atom stereocenters. The summed E-state index contributed by atoms with van der Waals surface area (Å²) in [7, 11) is 0. The molecule has 1 saturated heterocycles.